The van der Waals surface area contributed by atoms with Crippen LogP contribution in [0.15, 0.2) is 45.7 Å². The van der Waals surface area contributed by atoms with Crippen LogP contribution in [0, 0.1) is 0 Å². The topological polar surface area (TPSA) is 64.2 Å². The number of carbonyl (C=O) groups is 1. The van der Waals surface area contributed by atoms with Gasteiger partial charge in [0.15, 0.2) is 5.76 Å². The van der Waals surface area contributed by atoms with Gasteiger partial charge in [0.25, 0.3) is 11.5 Å². The maximum atomic E-state index is 11.7. The summed E-state index contributed by atoms with van der Waals surface area (Å²) in [5, 5.41) is 2.75. The van der Waals surface area contributed by atoms with Crippen molar-refractivity contribution in [3.63, 3.8) is 0 Å². The number of carbonyl (C=O) groups excluding carboxylic acids is 1. The number of amides is 1. The Morgan fingerprint density at radius 2 is 2.11 bits per heavy atom. The van der Waals surface area contributed by atoms with Gasteiger partial charge in [0, 0.05) is 18.3 Å². The van der Waals surface area contributed by atoms with Crippen LogP contribution in [0.1, 0.15) is 30.2 Å². The molecule has 0 spiro atoms. The zero-order valence-electron chi connectivity index (χ0n) is 10.9. The minimum Gasteiger partial charge on any atom is -0.454 e. The van der Waals surface area contributed by atoms with E-state index in [1.165, 1.54) is 10.6 Å². The van der Waals surface area contributed by atoms with E-state index in [2.05, 4.69) is 5.32 Å². The van der Waals surface area contributed by atoms with Crippen LogP contribution >= 0.6 is 0 Å². The lowest BCUT2D eigenvalue weighted by Crippen LogP contribution is -2.29. The van der Waals surface area contributed by atoms with E-state index in [9.17, 15) is 9.59 Å². The lowest BCUT2D eigenvalue weighted by atomic mass is 10.3. The summed E-state index contributed by atoms with van der Waals surface area (Å²) in [5.41, 5.74) is -0.105. The third-order valence-corrected chi connectivity index (χ3v) is 2.53. The second kappa shape index (κ2) is 5.56. The van der Waals surface area contributed by atoms with Crippen LogP contribution in [-0.4, -0.2) is 16.5 Å². The number of hydrogen-bond acceptors (Lipinski definition) is 3. The summed E-state index contributed by atoms with van der Waals surface area (Å²) in [6.45, 7) is 4.07. The Morgan fingerprint density at radius 1 is 1.32 bits per heavy atom. The molecule has 2 aromatic rings. The van der Waals surface area contributed by atoms with Crippen molar-refractivity contribution in [3.05, 3.63) is 58.4 Å². The Labute approximate surface area is 110 Å². The molecule has 5 nitrogen and oxygen atoms in total. The van der Waals surface area contributed by atoms with Gasteiger partial charge < -0.3 is 14.3 Å². The van der Waals surface area contributed by atoms with Crippen molar-refractivity contribution < 1.29 is 9.21 Å². The molecule has 0 saturated carbocycles. The quantitative estimate of drug-likeness (QED) is 0.908. The van der Waals surface area contributed by atoms with Crippen LogP contribution in [0.25, 0.3) is 0 Å². The van der Waals surface area contributed by atoms with Gasteiger partial charge in [0.2, 0.25) is 0 Å². The Kier molecular flexibility index (Phi) is 3.85. The van der Waals surface area contributed by atoms with Gasteiger partial charge in [-0.25, -0.2) is 0 Å². The minimum atomic E-state index is -0.248. The van der Waals surface area contributed by atoms with E-state index in [0.29, 0.717) is 12.3 Å². The Bertz CT molecular complexity index is 625. The van der Waals surface area contributed by atoms with E-state index in [0.717, 1.165) is 0 Å². The second-order valence-corrected chi connectivity index (χ2v) is 4.56. The predicted molar refractivity (Wildman–Crippen MR) is 71.1 cm³/mol. The highest BCUT2D eigenvalue weighted by atomic mass is 16.4. The van der Waals surface area contributed by atoms with Gasteiger partial charge in [-0.15, -0.1) is 0 Å². The summed E-state index contributed by atoms with van der Waals surface area (Å²) in [5.74, 6) is 0.580. The lowest BCUT2D eigenvalue weighted by Gasteiger charge is -2.05. The highest BCUT2D eigenvalue weighted by molar-refractivity contribution is 5.91. The average molecular weight is 260 g/mol. The minimum absolute atomic E-state index is 0.0535. The van der Waals surface area contributed by atoms with E-state index in [4.69, 9.17) is 4.42 Å². The highest BCUT2D eigenvalue weighted by Gasteiger charge is 2.12. The van der Waals surface area contributed by atoms with Gasteiger partial charge in [-0.05, 0) is 32.0 Å². The first-order valence-corrected chi connectivity index (χ1v) is 6.11. The first-order chi connectivity index (χ1) is 9.06. The molecule has 0 radical (unpaired) electrons. The smallest absolute Gasteiger partial charge is 0.287 e. The van der Waals surface area contributed by atoms with E-state index in [-0.39, 0.29) is 23.3 Å². The normalized spacial score (nSPS) is 10.7. The van der Waals surface area contributed by atoms with Gasteiger partial charge in [0.1, 0.15) is 5.76 Å². The molecule has 2 aromatic heterocycles. The maximum absolute atomic E-state index is 11.7. The van der Waals surface area contributed by atoms with Crippen LogP contribution in [0.3, 0.4) is 0 Å². The van der Waals surface area contributed by atoms with Crippen molar-refractivity contribution in [2.24, 2.45) is 0 Å². The molecule has 19 heavy (non-hydrogen) atoms. The van der Waals surface area contributed by atoms with E-state index in [1.807, 2.05) is 13.8 Å². The van der Waals surface area contributed by atoms with Gasteiger partial charge >= 0.3 is 0 Å². The fourth-order valence-corrected chi connectivity index (χ4v) is 1.68. The zero-order valence-corrected chi connectivity index (χ0v) is 10.9. The van der Waals surface area contributed by atoms with Crippen molar-refractivity contribution in [1.82, 2.24) is 9.88 Å². The summed E-state index contributed by atoms with van der Waals surface area (Å²) >= 11 is 0. The van der Waals surface area contributed by atoms with E-state index < -0.39 is 0 Å². The molecule has 0 aromatic carbocycles. The van der Waals surface area contributed by atoms with Crippen molar-refractivity contribution in [2.45, 2.75) is 26.4 Å². The molecule has 2 rings (SSSR count). The molecule has 2 heterocycles. The molecule has 0 bridgehead atoms. The molecule has 0 unspecified atom stereocenters. The summed E-state index contributed by atoms with van der Waals surface area (Å²) in [7, 11) is 0. The standard InChI is InChI=1S/C14H16N2O3/c1-10(2)15-14(18)12-7-6-11(19-12)9-16-8-4-3-5-13(16)17/h3-8,10H,9H2,1-2H3,(H,15,18). The molecule has 5 heteroatoms. The number of hydrogen-bond donors (Lipinski definition) is 1. The van der Waals surface area contributed by atoms with E-state index >= 15 is 0 Å². The van der Waals surface area contributed by atoms with E-state index in [1.54, 1.807) is 30.5 Å². The Balaban J connectivity index is 2.12. The Hall–Kier alpha value is -2.30. The van der Waals surface area contributed by atoms with Crippen LogP contribution in [0.4, 0.5) is 0 Å². The van der Waals surface area contributed by atoms with Gasteiger partial charge in [-0.3, -0.25) is 9.59 Å². The summed E-state index contributed by atoms with van der Waals surface area (Å²) in [4.78, 5) is 23.3. The van der Waals surface area contributed by atoms with Gasteiger partial charge in [-0.2, -0.15) is 0 Å². The number of rotatable bonds is 4. The van der Waals surface area contributed by atoms with Crippen molar-refractivity contribution in [2.75, 3.05) is 0 Å². The third kappa shape index (κ3) is 3.34. The molecule has 0 fully saturated rings. The van der Waals surface area contributed by atoms with Crippen LogP contribution < -0.4 is 10.9 Å². The summed E-state index contributed by atoms with van der Waals surface area (Å²) < 4.78 is 6.95. The molecule has 0 atom stereocenters. The van der Waals surface area contributed by atoms with Crippen molar-refractivity contribution in [1.29, 1.82) is 0 Å². The van der Waals surface area contributed by atoms with Crippen LogP contribution in [0.2, 0.25) is 0 Å². The molecule has 100 valence electrons. The largest absolute Gasteiger partial charge is 0.454 e. The summed E-state index contributed by atoms with van der Waals surface area (Å²) in [6, 6.07) is 8.31. The maximum Gasteiger partial charge on any atom is 0.287 e. The number of furan rings is 1. The molecule has 1 N–H and O–H groups in total. The first kappa shape index (κ1) is 13.1. The molecule has 0 aliphatic heterocycles. The van der Waals surface area contributed by atoms with Crippen molar-refractivity contribution >= 4 is 5.91 Å². The number of nitrogens with one attached hydrogen (secondary N) is 1. The number of nitrogens with zero attached hydrogens (tertiary/aromatic N) is 1. The van der Waals surface area contributed by atoms with Gasteiger partial charge in [0.05, 0.1) is 6.54 Å². The number of aromatic nitrogens is 1. The van der Waals surface area contributed by atoms with Gasteiger partial charge in [-0.1, -0.05) is 6.07 Å². The summed E-state index contributed by atoms with van der Waals surface area (Å²) in [6.07, 6.45) is 1.68. The molecule has 0 aliphatic rings. The average Bonchev–Trinajstić information content (AvgIpc) is 2.80. The first-order valence-electron chi connectivity index (χ1n) is 6.11. The molecular formula is C14H16N2O3. The molecule has 0 aliphatic carbocycles. The fraction of sp³-hybridized carbons (Fsp3) is 0.286. The molecular weight excluding hydrogens is 244 g/mol. The lowest BCUT2D eigenvalue weighted by molar-refractivity contribution is 0.0913. The van der Waals surface area contributed by atoms with Crippen LogP contribution in [0.5, 0.6) is 0 Å². The predicted octanol–water partition coefficient (Wildman–Crippen LogP) is 1.63. The Morgan fingerprint density at radius 3 is 2.79 bits per heavy atom. The highest BCUT2D eigenvalue weighted by Crippen LogP contribution is 2.09. The second-order valence-electron chi connectivity index (χ2n) is 4.56. The van der Waals surface area contributed by atoms with Crippen molar-refractivity contribution in [3.8, 4) is 0 Å². The monoisotopic (exact) mass is 260 g/mol. The third-order valence-electron chi connectivity index (χ3n) is 2.53. The molecule has 1 amide bonds. The SMILES string of the molecule is CC(C)NC(=O)c1ccc(Cn2ccccc2=O)o1. The number of pyridine rings is 1. The molecule has 0 saturated heterocycles. The zero-order chi connectivity index (χ0) is 13.8. The van der Waals surface area contributed by atoms with Crippen LogP contribution in [-0.2, 0) is 6.54 Å². The fourth-order valence-electron chi connectivity index (χ4n) is 1.68.